The zero-order valence-corrected chi connectivity index (χ0v) is 22.2. The van der Waals surface area contributed by atoms with Crippen LogP contribution in [-0.4, -0.2) is 28.6 Å². The maximum atomic E-state index is 13.7. The van der Waals surface area contributed by atoms with Gasteiger partial charge in [0.15, 0.2) is 0 Å². The zero-order chi connectivity index (χ0) is 27.4. The van der Waals surface area contributed by atoms with Gasteiger partial charge in [-0.25, -0.2) is 16.8 Å². The van der Waals surface area contributed by atoms with Gasteiger partial charge in [-0.1, -0.05) is 54.6 Å². The number of amides is 2. The summed E-state index contributed by atoms with van der Waals surface area (Å²) in [6.07, 6.45) is -0.124. The molecule has 0 unspecified atom stereocenters. The molecule has 2 atom stereocenters. The maximum Gasteiger partial charge on any atom is 0.238 e. The van der Waals surface area contributed by atoms with E-state index in [9.17, 15) is 26.4 Å². The second-order valence-electron chi connectivity index (χ2n) is 9.62. The fourth-order valence-electron chi connectivity index (χ4n) is 5.57. The van der Waals surface area contributed by atoms with Crippen molar-refractivity contribution < 1.29 is 26.4 Å². The molecule has 4 aromatic rings. The normalized spacial score (nSPS) is 19.0. The van der Waals surface area contributed by atoms with Crippen LogP contribution in [0.5, 0.6) is 0 Å². The molecule has 0 N–H and O–H groups in total. The van der Waals surface area contributed by atoms with Gasteiger partial charge in [0.25, 0.3) is 0 Å². The Morgan fingerprint density at radius 1 is 0.513 bits per heavy atom. The minimum absolute atomic E-state index is 0.0485. The van der Waals surface area contributed by atoms with Gasteiger partial charge in [-0.15, -0.1) is 0 Å². The van der Waals surface area contributed by atoms with Crippen molar-refractivity contribution in [2.45, 2.75) is 32.4 Å². The Balaban J connectivity index is 1.55. The van der Waals surface area contributed by atoms with Crippen molar-refractivity contribution in [3.63, 3.8) is 0 Å². The van der Waals surface area contributed by atoms with Crippen molar-refractivity contribution in [2.75, 3.05) is 4.90 Å². The third kappa shape index (κ3) is 4.00. The summed E-state index contributed by atoms with van der Waals surface area (Å²) in [5.74, 6) is -2.43. The number of hydrogen-bond donors (Lipinski definition) is 0. The molecule has 0 aromatic heterocycles. The summed E-state index contributed by atoms with van der Waals surface area (Å²) in [5.41, 5.74) is 0.974. The summed E-state index contributed by atoms with van der Waals surface area (Å²) in [7, 11) is -8.07. The molecule has 1 fully saturated rings. The predicted octanol–water partition coefficient (Wildman–Crippen LogP) is 4.26. The molecular weight excluding hydrogens is 534 g/mol. The number of imide groups is 1. The van der Waals surface area contributed by atoms with E-state index in [2.05, 4.69) is 0 Å². The molecule has 0 radical (unpaired) electrons. The fraction of sp³-hybridized carbons (Fsp3) is 0.133. The third-order valence-corrected chi connectivity index (χ3v) is 11.2. The van der Waals surface area contributed by atoms with Gasteiger partial charge >= 0.3 is 0 Å². The van der Waals surface area contributed by atoms with E-state index in [0.29, 0.717) is 5.69 Å². The minimum atomic E-state index is -4.04. The molecule has 39 heavy (non-hydrogen) atoms. The Kier molecular flexibility index (Phi) is 6.00. The van der Waals surface area contributed by atoms with Crippen molar-refractivity contribution in [3.05, 3.63) is 114 Å². The van der Waals surface area contributed by atoms with Gasteiger partial charge in [-0.3, -0.25) is 14.5 Å². The highest BCUT2D eigenvalue weighted by Gasteiger charge is 2.51. The Morgan fingerprint density at radius 3 is 1.26 bits per heavy atom. The third-order valence-electron chi connectivity index (χ3n) is 7.45. The molecule has 0 spiro atoms. The molecule has 196 valence electrons. The van der Waals surface area contributed by atoms with Crippen LogP contribution in [0.2, 0.25) is 0 Å². The van der Waals surface area contributed by atoms with Gasteiger partial charge in [0.2, 0.25) is 31.5 Å². The molecule has 1 aliphatic carbocycles. The van der Waals surface area contributed by atoms with E-state index in [4.69, 9.17) is 0 Å². The SMILES string of the molecule is O=C1[C@H]2Cc3c(S(=O)(=O)c4ccccc4)ccc(S(=O)(=O)c4ccccc4)c3C[C@H]2C(=O)N1c1ccccc1. The number of fused-ring (bicyclic) bond motifs is 2. The first kappa shape index (κ1) is 25.2. The summed E-state index contributed by atoms with van der Waals surface area (Å²) in [4.78, 5) is 28.2. The van der Waals surface area contributed by atoms with E-state index < -0.39 is 43.3 Å². The highest BCUT2D eigenvalue weighted by atomic mass is 32.2. The average molecular weight is 558 g/mol. The van der Waals surface area contributed by atoms with Crippen LogP contribution < -0.4 is 4.90 Å². The molecule has 6 rings (SSSR count). The van der Waals surface area contributed by atoms with Crippen LogP contribution in [0.25, 0.3) is 0 Å². The van der Waals surface area contributed by atoms with Crippen LogP contribution in [-0.2, 0) is 42.1 Å². The summed E-state index contributed by atoms with van der Waals surface area (Å²) >= 11 is 0. The molecule has 4 aromatic carbocycles. The molecule has 0 saturated carbocycles. The van der Waals surface area contributed by atoms with Crippen LogP contribution >= 0.6 is 0 Å². The standard InChI is InChI=1S/C30H23NO6S2/c32-29-25-18-23-24(19-26(25)30(33)31(29)20-10-4-1-5-11-20)28(39(36,37)22-14-8-3-9-15-22)17-16-27(23)38(34,35)21-12-6-2-7-13-21/h1-17,25-26H,18-19H2/t25-,26+. The number of carbonyl (C=O) groups excluding carboxylic acids is 2. The van der Waals surface area contributed by atoms with E-state index in [1.54, 1.807) is 66.7 Å². The molecule has 2 amide bonds. The largest absolute Gasteiger partial charge is 0.274 e. The number of carbonyl (C=O) groups is 2. The average Bonchev–Trinajstić information content (AvgIpc) is 3.21. The Hall–Kier alpha value is -4.08. The lowest BCUT2D eigenvalue weighted by atomic mass is 9.77. The first-order valence-electron chi connectivity index (χ1n) is 12.4. The van der Waals surface area contributed by atoms with Crippen LogP contribution in [0.4, 0.5) is 5.69 Å². The van der Waals surface area contributed by atoms with Crippen molar-refractivity contribution in [3.8, 4) is 0 Å². The Labute approximate surface area is 226 Å². The first-order valence-corrected chi connectivity index (χ1v) is 15.4. The van der Waals surface area contributed by atoms with Gasteiger partial charge in [0.1, 0.15) is 0 Å². The number of anilines is 1. The van der Waals surface area contributed by atoms with Gasteiger partial charge < -0.3 is 0 Å². The van der Waals surface area contributed by atoms with Crippen LogP contribution in [0.3, 0.4) is 0 Å². The summed E-state index contributed by atoms with van der Waals surface area (Å²) in [5, 5.41) is 0. The van der Waals surface area contributed by atoms with E-state index >= 15 is 0 Å². The van der Waals surface area contributed by atoms with Gasteiger partial charge in [0, 0.05) is 0 Å². The molecule has 1 heterocycles. The Bertz CT molecular complexity index is 1700. The smallest absolute Gasteiger partial charge is 0.238 e. The summed E-state index contributed by atoms with van der Waals surface area (Å²) in [6.45, 7) is 0. The number of hydrogen-bond acceptors (Lipinski definition) is 6. The summed E-state index contributed by atoms with van der Waals surface area (Å²) in [6, 6.07) is 26.9. The van der Waals surface area contributed by atoms with Crippen molar-refractivity contribution >= 4 is 37.2 Å². The molecule has 2 aliphatic rings. The Morgan fingerprint density at radius 2 is 0.872 bits per heavy atom. The van der Waals surface area contributed by atoms with Gasteiger partial charge in [-0.2, -0.15) is 0 Å². The molecule has 9 heteroatoms. The molecular formula is C30H23NO6S2. The van der Waals surface area contributed by atoms with Gasteiger partial charge in [0.05, 0.1) is 37.1 Å². The maximum absolute atomic E-state index is 13.7. The van der Waals surface area contributed by atoms with Crippen molar-refractivity contribution in [1.82, 2.24) is 0 Å². The number of para-hydroxylation sites is 1. The lowest BCUT2D eigenvalue weighted by Gasteiger charge is -2.28. The number of benzene rings is 4. The highest BCUT2D eigenvalue weighted by molar-refractivity contribution is 7.92. The minimum Gasteiger partial charge on any atom is -0.274 e. The quantitative estimate of drug-likeness (QED) is 0.340. The second kappa shape index (κ2) is 9.29. The van der Waals surface area contributed by atoms with Crippen LogP contribution in [0.1, 0.15) is 11.1 Å². The van der Waals surface area contributed by atoms with Crippen LogP contribution in [0.15, 0.2) is 123 Å². The van der Waals surface area contributed by atoms with E-state index in [1.807, 2.05) is 0 Å². The molecule has 1 saturated heterocycles. The van der Waals surface area contributed by atoms with Crippen molar-refractivity contribution in [1.29, 1.82) is 0 Å². The first-order chi connectivity index (χ1) is 18.7. The molecule has 7 nitrogen and oxygen atoms in total. The predicted molar refractivity (Wildman–Crippen MR) is 144 cm³/mol. The molecule has 1 aliphatic heterocycles. The fourth-order valence-corrected chi connectivity index (χ4v) is 8.66. The van der Waals surface area contributed by atoms with Crippen molar-refractivity contribution in [2.24, 2.45) is 11.8 Å². The van der Waals surface area contributed by atoms with E-state index in [1.165, 1.54) is 36.4 Å². The lowest BCUT2D eigenvalue weighted by molar-refractivity contribution is -0.122. The summed E-state index contributed by atoms with van der Waals surface area (Å²) < 4.78 is 55.0. The zero-order valence-electron chi connectivity index (χ0n) is 20.6. The van der Waals surface area contributed by atoms with E-state index in [-0.39, 0.29) is 43.6 Å². The highest BCUT2D eigenvalue weighted by Crippen LogP contribution is 2.44. The monoisotopic (exact) mass is 557 g/mol. The van der Waals surface area contributed by atoms with Gasteiger partial charge in [-0.05, 0) is 72.5 Å². The van der Waals surface area contributed by atoms with Crippen LogP contribution in [0, 0.1) is 11.8 Å². The van der Waals surface area contributed by atoms with E-state index in [0.717, 1.165) is 4.90 Å². The number of rotatable bonds is 5. The lowest BCUT2D eigenvalue weighted by Crippen LogP contribution is -2.31. The number of sulfone groups is 2. The number of nitrogens with zero attached hydrogens (tertiary/aromatic N) is 1. The topological polar surface area (TPSA) is 106 Å². The molecule has 0 bridgehead atoms. The second-order valence-corrected chi connectivity index (χ2v) is 13.5.